The van der Waals surface area contributed by atoms with Crippen molar-refractivity contribution in [3.05, 3.63) is 40.4 Å². The Hall–Kier alpha value is -1.85. The van der Waals surface area contributed by atoms with Crippen LogP contribution >= 0.6 is 23.2 Å². The van der Waals surface area contributed by atoms with Gasteiger partial charge in [0.05, 0.1) is 22.5 Å². The number of carbonyl (C=O) groups excluding carboxylic acids is 3. The van der Waals surface area contributed by atoms with E-state index < -0.39 is 5.91 Å². The zero-order chi connectivity index (χ0) is 16.6. The number of hydrogen-bond donors (Lipinski definition) is 1. The lowest BCUT2D eigenvalue weighted by atomic mass is 9.85. The van der Waals surface area contributed by atoms with Gasteiger partial charge in [-0.1, -0.05) is 35.4 Å². The van der Waals surface area contributed by atoms with Crippen molar-refractivity contribution in [1.82, 2.24) is 4.90 Å². The highest BCUT2D eigenvalue weighted by Gasteiger charge is 2.47. The summed E-state index contributed by atoms with van der Waals surface area (Å²) < 4.78 is 0. The van der Waals surface area contributed by atoms with E-state index in [-0.39, 0.29) is 30.2 Å². The first-order chi connectivity index (χ1) is 11.0. The molecule has 0 radical (unpaired) electrons. The third-order valence-electron chi connectivity index (χ3n) is 4.10. The van der Waals surface area contributed by atoms with Crippen LogP contribution in [0, 0.1) is 11.8 Å². The lowest BCUT2D eigenvalue weighted by molar-refractivity contribution is -0.142. The first-order valence-electron chi connectivity index (χ1n) is 7.22. The van der Waals surface area contributed by atoms with Gasteiger partial charge < -0.3 is 5.32 Å². The number of hydrogen-bond acceptors (Lipinski definition) is 3. The van der Waals surface area contributed by atoms with Crippen molar-refractivity contribution in [2.45, 2.75) is 12.8 Å². The van der Waals surface area contributed by atoms with Crippen molar-refractivity contribution < 1.29 is 14.4 Å². The molecule has 1 fully saturated rings. The number of likely N-dealkylation sites (tertiary alicyclic amines) is 1. The molecular weight excluding hydrogens is 339 g/mol. The molecule has 1 aliphatic carbocycles. The molecule has 2 aliphatic rings. The number of halogens is 2. The van der Waals surface area contributed by atoms with Crippen LogP contribution in [0.4, 0.5) is 5.69 Å². The van der Waals surface area contributed by atoms with Crippen LogP contribution < -0.4 is 5.32 Å². The Balaban J connectivity index is 1.70. The monoisotopic (exact) mass is 352 g/mol. The fourth-order valence-electron chi connectivity index (χ4n) is 2.95. The summed E-state index contributed by atoms with van der Waals surface area (Å²) in [5.41, 5.74) is 0.349. The molecule has 7 heteroatoms. The molecule has 1 aliphatic heterocycles. The third kappa shape index (κ3) is 3.12. The smallest absolute Gasteiger partial charge is 0.244 e. The maximum atomic E-state index is 12.3. The van der Waals surface area contributed by atoms with Crippen molar-refractivity contribution in [2.24, 2.45) is 11.8 Å². The molecule has 1 aromatic carbocycles. The molecule has 0 saturated carbocycles. The second-order valence-electron chi connectivity index (χ2n) is 5.59. The van der Waals surface area contributed by atoms with Crippen LogP contribution in [0.3, 0.4) is 0 Å². The fourth-order valence-corrected chi connectivity index (χ4v) is 3.29. The van der Waals surface area contributed by atoms with Gasteiger partial charge in [-0.2, -0.15) is 0 Å². The lowest BCUT2D eigenvalue weighted by Gasteiger charge is -2.15. The van der Waals surface area contributed by atoms with Gasteiger partial charge in [-0.15, -0.1) is 0 Å². The highest BCUT2D eigenvalue weighted by molar-refractivity contribution is 6.35. The predicted molar refractivity (Wildman–Crippen MR) is 87.2 cm³/mol. The normalized spacial score (nSPS) is 23.1. The van der Waals surface area contributed by atoms with Gasteiger partial charge in [-0.25, -0.2) is 0 Å². The molecule has 0 spiro atoms. The van der Waals surface area contributed by atoms with Gasteiger partial charge in [-0.05, 0) is 31.0 Å². The summed E-state index contributed by atoms with van der Waals surface area (Å²) in [5.74, 6) is -1.72. The van der Waals surface area contributed by atoms with E-state index in [1.165, 1.54) is 6.07 Å². The molecule has 1 saturated heterocycles. The van der Waals surface area contributed by atoms with Gasteiger partial charge in [0, 0.05) is 5.02 Å². The number of carbonyl (C=O) groups is 3. The number of amides is 3. The van der Waals surface area contributed by atoms with Crippen LogP contribution in [0.5, 0.6) is 0 Å². The predicted octanol–water partition coefficient (Wildman–Crippen LogP) is 2.88. The minimum Gasteiger partial charge on any atom is -0.323 e. The Kier molecular flexibility index (Phi) is 4.41. The summed E-state index contributed by atoms with van der Waals surface area (Å²) in [4.78, 5) is 37.8. The molecule has 0 unspecified atom stereocenters. The van der Waals surface area contributed by atoms with Crippen LogP contribution in [-0.2, 0) is 14.4 Å². The summed E-state index contributed by atoms with van der Waals surface area (Å²) in [6.07, 6.45) is 4.91. The maximum Gasteiger partial charge on any atom is 0.244 e. The lowest BCUT2D eigenvalue weighted by Crippen LogP contribution is -2.38. The van der Waals surface area contributed by atoms with E-state index in [0.29, 0.717) is 28.6 Å². The molecule has 120 valence electrons. The fraction of sp³-hybridized carbons (Fsp3) is 0.312. The summed E-state index contributed by atoms with van der Waals surface area (Å²) in [5, 5.41) is 3.34. The Morgan fingerprint density at radius 3 is 2.35 bits per heavy atom. The van der Waals surface area contributed by atoms with E-state index >= 15 is 0 Å². The number of fused-ring (bicyclic) bond motifs is 1. The Bertz CT molecular complexity index is 691. The van der Waals surface area contributed by atoms with Gasteiger partial charge in [0.15, 0.2) is 0 Å². The average molecular weight is 353 g/mol. The van der Waals surface area contributed by atoms with Crippen molar-refractivity contribution in [1.29, 1.82) is 0 Å². The summed E-state index contributed by atoms with van der Waals surface area (Å²) in [6.45, 7) is -0.312. The van der Waals surface area contributed by atoms with Crippen LogP contribution in [0.2, 0.25) is 10.0 Å². The van der Waals surface area contributed by atoms with Gasteiger partial charge in [0.2, 0.25) is 17.7 Å². The molecule has 3 amide bonds. The largest absolute Gasteiger partial charge is 0.323 e. The van der Waals surface area contributed by atoms with Crippen molar-refractivity contribution in [2.75, 3.05) is 11.9 Å². The Labute approximate surface area is 143 Å². The first kappa shape index (κ1) is 16.0. The zero-order valence-electron chi connectivity index (χ0n) is 12.1. The molecule has 1 heterocycles. The molecule has 2 atom stereocenters. The van der Waals surface area contributed by atoms with Crippen LogP contribution in [0.25, 0.3) is 0 Å². The second-order valence-corrected chi connectivity index (χ2v) is 6.43. The number of rotatable bonds is 3. The number of imide groups is 1. The van der Waals surface area contributed by atoms with Crippen molar-refractivity contribution in [3.63, 3.8) is 0 Å². The van der Waals surface area contributed by atoms with Crippen molar-refractivity contribution in [3.8, 4) is 0 Å². The zero-order valence-corrected chi connectivity index (χ0v) is 13.6. The van der Waals surface area contributed by atoms with Gasteiger partial charge in [-0.3, -0.25) is 19.3 Å². The topological polar surface area (TPSA) is 66.5 Å². The van der Waals surface area contributed by atoms with Crippen LogP contribution in [0.15, 0.2) is 30.4 Å². The molecular formula is C16H14Cl2N2O3. The highest BCUT2D eigenvalue weighted by atomic mass is 35.5. The third-order valence-corrected chi connectivity index (χ3v) is 4.67. The van der Waals surface area contributed by atoms with Crippen LogP contribution in [0.1, 0.15) is 12.8 Å². The van der Waals surface area contributed by atoms with Crippen molar-refractivity contribution >= 4 is 46.6 Å². The van der Waals surface area contributed by atoms with Crippen LogP contribution in [-0.4, -0.2) is 29.2 Å². The van der Waals surface area contributed by atoms with Gasteiger partial charge in [0.25, 0.3) is 0 Å². The molecule has 5 nitrogen and oxygen atoms in total. The van der Waals surface area contributed by atoms with E-state index in [4.69, 9.17) is 23.2 Å². The van der Waals surface area contributed by atoms with E-state index in [1.807, 2.05) is 12.2 Å². The number of nitrogens with one attached hydrogen (secondary N) is 1. The van der Waals surface area contributed by atoms with E-state index in [9.17, 15) is 14.4 Å². The number of benzene rings is 1. The van der Waals surface area contributed by atoms with E-state index in [2.05, 4.69) is 5.32 Å². The Morgan fingerprint density at radius 1 is 1.13 bits per heavy atom. The summed E-state index contributed by atoms with van der Waals surface area (Å²) >= 11 is 11.8. The summed E-state index contributed by atoms with van der Waals surface area (Å²) in [7, 11) is 0. The molecule has 1 aromatic rings. The molecule has 3 rings (SSSR count). The minimum atomic E-state index is -0.484. The number of anilines is 1. The standard InChI is InChI=1S/C16H14Cl2N2O3/c17-9-5-6-12(18)13(7-9)19-14(21)8-20-15(22)10-3-1-2-4-11(10)16(20)23/h1-2,5-7,10-11H,3-4,8H2,(H,19,21)/t10-,11-/m1/s1. The molecule has 23 heavy (non-hydrogen) atoms. The SMILES string of the molecule is O=C(CN1C(=O)[C@@H]2CC=CC[C@H]2C1=O)Nc1cc(Cl)ccc1Cl. The van der Waals surface area contributed by atoms with E-state index in [1.54, 1.807) is 12.1 Å². The van der Waals surface area contributed by atoms with Gasteiger partial charge in [0.1, 0.15) is 6.54 Å². The second kappa shape index (κ2) is 6.34. The van der Waals surface area contributed by atoms with Gasteiger partial charge >= 0.3 is 0 Å². The maximum absolute atomic E-state index is 12.3. The molecule has 0 bridgehead atoms. The minimum absolute atomic E-state index is 0.281. The molecule has 1 N–H and O–H groups in total. The highest BCUT2D eigenvalue weighted by Crippen LogP contribution is 2.35. The number of nitrogens with zero attached hydrogens (tertiary/aromatic N) is 1. The number of allylic oxidation sites excluding steroid dienone is 2. The average Bonchev–Trinajstić information content (AvgIpc) is 2.76. The Morgan fingerprint density at radius 2 is 1.74 bits per heavy atom. The molecule has 0 aromatic heterocycles. The quantitative estimate of drug-likeness (QED) is 0.671. The van der Waals surface area contributed by atoms with E-state index in [0.717, 1.165) is 4.90 Å². The summed E-state index contributed by atoms with van der Waals surface area (Å²) in [6, 6.07) is 4.68. The first-order valence-corrected chi connectivity index (χ1v) is 7.98.